The van der Waals surface area contributed by atoms with Gasteiger partial charge in [-0.2, -0.15) is 11.5 Å². The summed E-state index contributed by atoms with van der Waals surface area (Å²) in [5, 5.41) is 5.12. The molecule has 0 unspecified atom stereocenters. The van der Waals surface area contributed by atoms with Crippen molar-refractivity contribution >= 4 is 27.1 Å². The van der Waals surface area contributed by atoms with Crippen LogP contribution >= 0.6 is 0 Å². The number of allylic oxidation sites excluding steroid dienone is 2. The molecule has 0 N–H and O–H groups in total. The van der Waals surface area contributed by atoms with Gasteiger partial charge in [0, 0.05) is 32.7 Å². The molecule has 0 aliphatic rings. The number of fused-ring (bicyclic) bond motifs is 3. The Labute approximate surface area is 139 Å². The fourth-order valence-electron chi connectivity index (χ4n) is 2.41. The Bertz CT molecular complexity index is 754. The summed E-state index contributed by atoms with van der Waals surface area (Å²) < 4.78 is 0. The number of rotatable bonds is 1. The van der Waals surface area contributed by atoms with E-state index in [1.165, 1.54) is 21.5 Å². The molecule has 3 aromatic rings. The summed E-state index contributed by atoms with van der Waals surface area (Å²) in [6, 6.07) is 20.3. The zero-order valence-corrected chi connectivity index (χ0v) is 14.0. The zero-order valence-electron chi connectivity index (χ0n) is 11.2. The molecule has 0 nitrogen and oxygen atoms in total. The fraction of sp³-hybridized carbons (Fsp3) is 0.111. The first kappa shape index (κ1) is 14.4. The molecule has 1 heteroatoms. The Morgan fingerprint density at radius 1 is 0.947 bits per heavy atom. The molecule has 19 heavy (non-hydrogen) atoms. The molecule has 0 saturated heterocycles. The van der Waals surface area contributed by atoms with E-state index in [9.17, 15) is 0 Å². The first-order valence-electron chi connectivity index (χ1n) is 6.15. The predicted octanol–water partition coefficient (Wildman–Crippen LogP) is 5.02. The van der Waals surface area contributed by atoms with Gasteiger partial charge in [-0.3, -0.25) is 5.56 Å². The van der Waals surface area contributed by atoms with Crippen LogP contribution < -0.4 is 0 Å². The maximum atomic E-state index is 3.33. The van der Waals surface area contributed by atoms with Crippen LogP contribution in [0.15, 0.2) is 48.5 Å². The summed E-state index contributed by atoms with van der Waals surface area (Å²) in [6.45, 7) is 4.03. The van der Waals surface area contributed by atoms with Crippen LogP contribution in [0.25, 0.3) is 27.1 Å². The average Bonchev–Trinajstić information content (AvgIpc) is 2.45. The SMILES string of the molecule is C[C-]=C(C)c1[c-]ccc2c1ccc1ccccc12.[Y]. The Morgan fingerprint density at radius 2 is 1.74 bits per heavy atom. The van der Waals surface area contributed by atoms with Crippen LogP contribution in [0, 0.1) is 12.1 Å². The molecule has 3 aromatic carbocycles. The van der Waals surface area contributed by atoms with Gasteiger partial charge in [-0.25, -0.2) is 6.07 Å². The van der Waals surface area contributed by atoms with Gasteiger partial charge in [0.15, 0.2) is 0 Å². The normalized spacial score (nSPS) is 11.6. The van der Waals surface area contributed by atoms with E-state index in [1.807, 2.05) is 13.0 Å². The second-order valence-corrected chi connectivity index (χ2v) is 4.48. The van der Waals surface area contributed by atoms with Crippen molar-refractivity contribution in [1.82, 2.24) is 0 Å². The Balaban J connectivity index is 0.00000133. The van der Waals surface area contributed by atoms with Crippen LogP contribution in [0.5, 0.6) is 0 Å². The Hall–Kier alpha value is -0.976. The molecular weight excluding hydrogens is 305 g/mol. The van der Waals surface area contributed by atoms with Gasteiger partial charge >= 0.3 is 0 Å². The predicted molar refractivity (Wildman–Crippen MR) is 78.3 cm³/mol. The minimum atomic E-state index is 0. The van der Waals surface area contributed by atoms with Crippen molar-refractivity contribution in [2.75, 3.05) is 0 Å². The maximum Gasteiger partial charge on any atom is 0 e. The minimum absolute atomic E-state index is 0. The largest absolute Gasteiger partial charge is 0.327 e. The third-order valence-electron chi connectivity index (χ3n) is 3.47. The molecule has 1 radical (unpaired) electrons. The molecule has 0 aromatic heterocycles. The molecule has 0 aliphatic heterocycles. The van der Waals surface area contributed by atoms with E-state index in [-0.39, 0.29) is 32.7 Å². The molecule has 3 rings (SSSR count). The molecule has 0 amide bonds. The zero-order chi connectivity index (χ0) is 12.5. The second kappa shape index (κ2) is 5.99. The van der Waals surface area contributed by atoms with Gasteiger partial charge in [-0.05, 0) is 10.8 Å². The third-order valence-corrected chi connectivity index (χ3v) is 3.47. The number of hydrogen-bond donors (Lipinski definition) is 0. The van der Waals surface area contributed by atoms with E-state index in [1.54, 1.807) is 0 Å². The van der Waals surface area contributed by atoms with Crippen LogP contribution in [0.1, 0.15) is 19.4 Å². The monoisotopic (exact) mass is 319 g/mol. The van der Waals surface area contributed by atoms with Crippen molar-refractivity contribution in [3.63, 3.8) is 0 Å². The van der Waals surface area contributed by atoms with Crippen LogP contribution in [-0.2, 0) is 32.7 Å². The molecule has 0 fully saturated rings. The maximum absolute atomic E-state index is 3.33. The van der Waals surface area contributed by atoms with Gasteiger partial charge in [-0.1, -0.05) is 30.3 Å². The topological polar surface area (TPSA) is 0 Å². The van der Waals surface area contributed by atoms with Crippen molar-refractivity contribution < 1.29 is 32.7 Å². The Kier molecular flexibility index (Phi) is 4.55. The summed E-state index contributed by atoms with van der Waals surface area (Å²) in [5.41, 5.74) is 2.30. The fourth-order valence-corrected chi connectivity index (χ4v) is 2.41. The third kappa shape index (κ3) is 2.52. The summed E-state index contributed by atoms with van der Waals surface area (Å²) in [7, 11) is 0. The number of hydrogen-bond acceptors (Lipinski definition) is 0. The average molecular weight is 319 g/mol. The molecule has 91 valence electrons. The van der Waals surface area contributed by atoms with Crippen molar-refractivity contribution in [1.29, 1.82) is 0 Å². The van der Waals surface area contributed by atoms with E-state index >= 15 is 0 Å². The van der Waals surface area contributed by atoms with Gasteiger partial charge in [0.25, 0.3) is 0 Å². The van der Waals surface area contributed by atoms with Gasteiger partial charge < -0.3 is 11.6 Å². The molecule has 0 aliphatic carbocycles. The van der Waals surface area contributed by atoms with Crippen molar-refractivity contribution in [2.45, 2.75) is 13.8 Å². The van der Waals surface area contributed by atoms with E-state index in [4.69, 9.17) is 0 Å². The van der Waals surface area contributed by atoms with Crippen molar-refractivity contribution in [2.24, 2.45) is 0 Å². The van der Waals surface area contributed by atoms with E-state index in [0.717, 1.165) is 11.1 Å². The van der Waals surface area contributed by atoms with Crippen LogP contribution in [0.3, 0.4) is 0 Å². The summed E-state index contributed by atoms with van der Waals surface area (Å²) in [4.78, 5) is 0. The first-order valence-corrected chi connectivity index (χ1v) is 6.15. The second-order valence-electron chi connectivity index (χ2n) is 4.48. The molecule has 0 saturated carbocycles. The van der Waals surface area contributed by atoms with Crippen LogP contribution in [0.2, 0.25) is 0 Å². The van der Waals surface area contributed by atoms with E-state index in [2.05, 4.69) is 61.5 Å². The molecule has 0 atom stereocenters. The van der Waals surface area contributed by atoms with Gasteiger partial charge in [0.05, 0.1) is 0 Å². The van der Waals surface area contributed by atoms with Crippen molar-refractivity contribution in [3.05, 3.63) is 66.2 Å². The van der Waals surface area contributed by atoms with E-state index in [0.29, 0.717) is 0 Å². The van der Waals surface area contributed by atoms with E-state index < -0.39 is 0 Å². The van der Waals surface area contributed by atoms with Crippen LogP contribution in [0.4, 0.5) is 0 Å². The first-order chi connectivity index (χ1) is 8.81. The van der Waals surface area contributed by atoms with Crippen molar-refractivity contribution in [3.8, 4) is 0 Å². The summed E-state index contributed by atoms with van der Waals surface area (Å²) in [5.74, 6) is 0. The summed E-state index contributed by atoms with van der Waals surface area (Å²) in [6.07, 6.45) is 3.21. The molecule has 0 spiro atoms. The standard InChI is InChI=1S/C18H14.Y/c1-3-13(2)15-9-6-10-17-16-8-5-4-7-14(16)11-12-18(15)17;/h4-8,10-12H,1-2H3;/q-2;. The molecule has 0 bridgehead atoms. The minimum Gasteiger partial charge on any atom is -0.327 e. The Morgan fingerprint density at radius 3 is 2.53 bits per heavy atom. The van der Waals surface area contributed by atoms with Gasteiger partial charge in [-0.15, -0.1) is 31.4 Å². The van der Waals surface area contributed by atoms with Gasteiger partial charge in [0.1, 0.15) is 0 Å². The van der Waals surface area contributed by atoms with Crippen LogP contribution in [-0.4, -0.2) is 0 Å². The molecule has 0 heterocycles. The summed E-state index contributed by atoms with van der Waals surface area (Å²) >= 11 is 0. The van der Waals surface area contributed by atoms with Gasteiger partial charge in [0.2, 0.25) is 0 Å². The number of benzene rings is 3. The molecular formula is C18H14Y-2. The quantitative estimate of drug-likeness (QED) is 0.436. The smallest absolute Gasteiger partial charge is 0 e.